The highest BCUT2D eigenvalue weighted by Gasteiger charge is 2.37. The van der Waals surface area contributed by atoms with Gasteiger partial charge in [-0.2, -0.15) is 0 Å². The number of carbonyl (C=O) groups excluding carboxylic acids is 2. The third kappa shape index (κ3) is 4.77. The molecule has 2 atom stereocenters. The maximum absolute atomic E-state index is 14.7. The van der Waals surface area contributed by atoms with Crippen molar-refractivity contribution in [2.75, 3.05) is 33.4 Å². The van der Waals surface area contributed by atoms with Crippen LogP contribution in [0.2, 0.25) is 0 Å². The second-order valence-electron chi connectivity index (χ2n) is 9.65. The summed E-state index contributed by atoms with van der Waals surface area (Å²) < 4.78 is 25.6. The number of fused-ring (bicyclic) bond motifs is 1. The monoisotopic (exact) mass is 495 g/mol. The smallest absolute Gasteiger partial charge is 0.255 e. The Labute approximate surface area is 208 Å². The number of likely N-dealkylation sites (tertiary alicyclic amines) is 1. The summed E-state index contributed by atoms with van der Waals surface area (Å²) >= 11 is 0. The topological polar surface area (TPSA) is 109 Å². The molecule has 0 spiro atoms. The Hall–Kier alpha value is -3.53. The van der Waals surface area contributed by atoms with Crippen molar-refractivity contribution in [2.45, 2.75) is 38.9 Å². The number of benzene rings is 1. The number of aryl methyl sites for hydroxylation is 2. The minimum atomic E-state index is -1.37. The molecule has 0 radical (unpaired) electrons. The second kappa shape index (κ2) is 9.85. The fourth-order valence-corrected chi connectivity index (χ4v) is 4.61. The molecule has 0 bridgehead atoms. The van der Waals surface area contributed by atoms with Crippen molar-refractivity contribution in [3.63, 3.8) is 0 Å². The molecule has 0 unspecified atom stereocenters. The van der Waals surface area contributed by atoms with Crippen molar-refractivity contribution in [2.24, 2.45) is 5.92 Å². The number of hydrogen-bond donors (Lipinski definition) is 2. The highest BCUT2D eigenvalue weighted by Crippen LogP contribution is 2.37. The van der Waals surface area contributed by atoms with Gasteiger partial charge in [0.15, 0.2) is 0 Å². The summed E-state index contributed by atoms with van der Waals surface area (Å²) in [6.07, 6.45) is 2.43. The molecule has 2 amide bonds. The Morgan fingerprint density at radius 2 is 2.03 bits per heavy atom. The van der Waals surface area contributed by atoms with Crippen LogP contribution in [0.15, 0.2) is 24.5 Å². The first kappa shape index (κ1) is 24.2. The average molecular weight is 496 g/mol. The number of aromatic amines is 1. The van der Waals surface area contributed by atoms with Crippen molar-refractivity contribution in [3.05, 3.63) is 41.3 Å². The lowest BCUT2D eigenvalue weighted by Gasteiger charge is -2.16. The lowest BCUT2D eigenvalue weighted by atomic mass is 10.1. The number of amides is 2. The molecule has 1 saturated heterocycles. The van der Waals surface area contributed by atoms with Gasteiger partial charge in [-0.15, -0.1) is 0 Å². The molecule has 2 fully saturated rings. The molecule has 36 heavy (non-hydrogen) atoms. The zero-order valence-electron chi connectivity index (χ0n) is 20.6. The number of alkyl halides is 1. The predicted molar refractivity (Wildman–Crippen MR) is 132 cm³/mol. The maximum atomic E-state index is 14.7. The first-order valence-electron chi connectivity index (χ1n) is 12.1. The Bertz CT molecular complexity index is 1300. The van der Waals surface area contributed by atoms with Crippen LogP contribution in [0.25, 0.3) is 22.3 Å². The van der Waals surface area contributed by atoms with E-state index in [4.69, 9.17) is 9.47 Å². The number of halogens is 1. The van der Waals surface area contributed by atoms with Gasteiger partial charge in [-0.25, -0.2) is 14.4 Å². The van der Waals surface area contributed by atoms with E-state index in [9.17, 15) is 14.0 Å². The number of ether oxygens (including phenoxy) is 2. The number of hydrogen-bond acceptors (Lipinski definition) is 6. The summed E-state index contributed by atoms with van der Waals surface area (Å²) in [5, 5.41) is 2.76. The number of methoxy groups -OCH3 is 1. The summed E-state index contributed by atoms with van der Waals surface area (Å²) in [5.41, 5.74) is 4.50. The van der Waals surface area contributed by atoms with Gasteiger partial charge < -0.3 is 24.7 Å². The molecule has 9 nitrogen and oxygen atoms in total. The van der Waals surface area contributed by atoms with E-state index in [0.29, 0.717) is 40.5 Å². The first-order valence-corrected chi connectivity index (χ1v) is 12.1. The van der Waals surface area contributed by atoms with E-state index >= 15 is 0 Å². The minimum absolute atomic E-state index is 0.0800. The van der Waals surface area contributed by atoms with Crippen LogP contribution in [0.3, 0.4) is 0 Å². The quantitative estimate of drug-likeness (QED) is 0.497. The van der Waals surface area contributed by atoms with Gasteiger partial charge in [-0.05, 0) is 44.7 Å². The third-order valence-corrected chi connectivity index (χ3v) is 6.75. The van der Waals surface area contributed by atoms with Crippen LogP contribution in [0, 0.1) is 19.8 Å². The fraction of sp³-hybridized carbons (Fsp3) is 0.462. The normalized spacial score (nSPS) is 19.6. The molecule has 190 valence electrons. The summed E-state index contributed by atoms with van der Waals surface area (Å²) in [4.78, 5) is 38.9. The number of nitrogens with zero attached hydrogens (tertiary/aromatic N) is 3. The van der Waals surface area contributed by atoms with E-state index < -0.39 is 18.1 Å². The predicted octanol–water partition coefficient (Wildman–Crippen LogP) is 2.96. The van der Waals surface area contributed by atoms with E-state index in [-0.39, 0.29) is 25.6 Å². The van der Waals surface area contributed by atoms with Gasteiger partial charge in [0.1, 0.15) is 36.1 Å². The first-order chi connectivity index (χ1) is 17.4. The molecule has 3 heterocycles. The molecule has 5 rings (SSSR count). The van der Waals surface area contributed by atoms with Crippen molar-refractivity contribution in [1.82, 2.24) is 25.2 Å². The van der Waals surface area contributed by atoms with Gasteiger partial charge in [0.2, 0.25) is 5.91 Å². The van der Waals surface area contributed by atoms with E-state index in [1.54, 1.807) is 6.92 Å². The molecule has 1 saturated carbocycles. The number of nitrogens with one attached hydrogen (secondary N) is 2. The van der Waals surface area contributed by atoms with Gasteiger partial charge in [0.05, 0.1) is 30.3 Å². The largest absolute Gasteiger partial charge is 0.493 e. The van der Waals surface area contributed by atoms with E-state index in [1.807, 2.05) is 25.1 Å². The van der Waals surface area contributed by atoms with Crippen molar-refractivity contribution in [1.29, 1.82) is 0 Å². The van der Waals surface area contributed by atoms with Crippen LogP contribution >= 0.6 is 0 Å². The van der Waals surface area contributed by atoms with Crippen molar-refractivity contribution >= 4 is 22.8 Å². The molecule has 2 aliphatic rings. The number of aromatic nitrogens is 3. The van der Waals surface area contributed by atoms with Crippen LogP contribution in [0.4, 0.5) is 4.39 Å². The SMILES string of the molecule is COCC(=O)N1C[C@@H](F)[C@@H](NC(=O)c2c(C)[nH]c3c(-c4cc(C)ccc4OCC4CC4)ncnc23)C1. The van der Waals surface area contributed by atoms with E-state index in [0.717, 1.165) is 16.9 Å². The molecule has 10 heteroatoms. The third-order valence-electron chi connectivity index (χ3n) is 6.75. The molecule has 3 aromatic rings. The van der Waals surface area contributed by atoms with Crippen LogP contribution < -0.4 is 10.1 Å². The van der Waals surface area contributed by atoms with Gasteiger partial charge in [0, 0.05) is 24.9 Å². The summed E-state index contributed by atoms with van der Waals surface area (Å²) in [7, 11) is 1.41. The van der Waals surface area contributed by atoms with E-state index in [1.165, 1.54) is 31.2 Å². The summed E-state index contributed by atoms with van der Waals surface area (Å²) in [6, 6.07) is 5.14. The van der Waals surface area contributed by atoms with E-state index in [2.05, 4.69) is 20.3 Å². The summed E-state index contributed by atoms with van der Waals surface area (Å²) in [6.45, 7) is 4.32. The Morgan fingerprint density at radius 3 is 2.78 bits per heavy atom. The Morgan fingerprint density at radius 1 is 1.22 bits per heavy atom. The molecule has 1 aliphatic heterocycles. The van der Waals surface area contributed by atoms with Crippen LogP contribution in [-0.2, 0) is 9.53 Å². The molecule has 1 aliphatic carbocycles. The average Bonchev–Trinajstić information content (AvgIpc) is 3.51. The number of carbonyl (C=O) groups is 2. The number of rotatable bonds is 8. The second-order valence-corrected chi connectivity index (χ2v) is 9.65. The van der Waals surface area contributed by atoms with Crippen LogP contribution in [0.5, 0.6) is 5.75 Å². The summed E-state index contributed by atoms with van der Waals surface area (Å²) in [5.74, 6) is 0.572. The lowest BCUT2D eigenvalue weighted by Crippen LogP contribution is -2.42. The molecule has 2 N–H and O–H groups in total. The minimum Gasteiger partial charge on any atom is -0.493 e. The zero-order chi connectivity index (χ0) is 25.4. The zero-order valence-corrected chi connectivity index (χ0v) is 20.6. The van der Waals surface area contributed by atoms with Crippen molar-refractivity contribution < 1.29 is 23.5 Å². The number of H-pyrrole nitrogens is 1. The van der Waals surface area contributed by atoms with Gasteiger partial charge >= 0.3 is 0 Å². The highest BCUT2D eigenvalue weighted by atomic mass is 19.1. The van der Waals surface area contributed by atoms with Crippen molar-refractivity contribution in [3.8, 4) is 17.0 Å². The molecule has 2 aromatic heterocycles. The molecular formula is C26H30FN5O4. The fourth-order valence-electron chi connectivity index (χ4n) is 4.61. The molecule has 1 aromatic carbocycles. The van der Waals surface area contributed by atoms with Crippen LogP contribution in [0.1, 0.15) is 34.5 Å². The van der Waals surface area contributed by atoms with Gasteiger partial charge in [-0.3, -0.25) is 9.59 Å². The molecular weight excluding hydrogens is 465 g/mol. The Kier molecular flexibility index (Phi) is 6.61. The Balaban J connectivity index is 1.43. The van der Waals surface area contributed by atoms with Crippen LogP contribution in [-0.4, -0.2) is 77.3 Å². The highest BCUT2D eigenvalue weighted by molar-refractivity contribution is 6.09. The maximum Gasteiger partial charge on any atom is 0.255 e. The van der Waals surface area contributed by atoms with Gasteiger partial charge in [-0.1, -0.05) is 11.6 Å². The van der Waals surface area contributed by atoms with Gasteiger partial charge in [0.25, 0.3) is 5.91 Å². The lowest BCUT2D eigenvalue weighted by molar-refractivity contribution is -0.134. The standard InChI is InChI=1S/C26H30FN5O4/c1-14-4-7-20(36-11-16-5-6-16)17(8-14)23-25-24(29-13-28-23)22(15(2)30-25)26(34)31-19-10-32(9-18(19)27)21(33)12-35-3/h4,7-8,13,16,18-19,30H,5-6,9-12H2,1-3H3,(H,31,34)/t18-,19+/m1/s1.